The summed E-state index contributed by atoms with van der Waals surface area (Å²) in [7, 11) is -3.47. The van der Waals surface area contributed by atoms with Crippen LogP contribution < -0.4 is 5.73 Å². The fourth-order valence-corrected chi connectivity index (χ4v) is 4.23. The lowest BCUT2D eigenvalue weighted by Crippen LogP contribution is -2.48. The van der Waals surface area contributed by atoms with Gasteiger partial charge in [0.2, 0.25) is 10.0 Å². The largest absolute Gasteiger partial charge is 0.329 e. The van der Waals surface area contributed by atoms with Gasteiger partial charge in [0.25, 0.3) is 0 Å². The van der Waals surface area contributed by atoms with E-state index in [1.807, 2.05) is 18.2 Å². The number of hydrogen-bond acceptors (Lipinski definition) is 5. The molecule has 1 fully saturated rings. The Labute approximate surface area is 142 Å². The Kier molecular flexibility index (Phi) is 5.30. The van der Waals surface area contributed by atoms with E-state index in [4.69, 9.17) is 5.73 Å². The van der Waals surface area contributed by atoms with Gasteiger partial charge in [0.15, 0.2) is 0 Å². The van der Waals surface area contributed by atoms with E-state index in [2.05, 4.69) is 22.1 Å². The minimum absolute atomic E-state index is 0.243. The average molecular weight is 349 g/mol. The van der Waals surface area contributed by atoms with Gasteiger partial charge in [-0.1, -0.05) is 30.3 Å². The molecule has 2 heterocycles. The predicted octanol–water partition coefficient (Wildman–Crippen LogP) is 0.348. The van der Waals surface area contributed by atoms with Crippen LogP contribution in [0.1, 0.15) is 5.56 Å². The third-order valence-electron chi connectivity index (χ3n) is 4.19. The van der Waals surface area contributed by atoms with Crippen LogP contribution in [0.5, 0.6) is 0 Å². The normalized spacial score (nSPS) is 17.2. The second-order valence-corrected chi connectivity index (χ2v) is 7.83. The molecule has 2 N–H and O–H groups in total. The molecule has 1 saturated heterocycles. The van der Waals surface area contributed by atoms with E-state index in [0.717, 1.165) is 19.6 Å². The van der Waals surface area contributed by atoms with Crippen molar-refractivity contribution in [1.82, 2.24) is 19.0 Å². The number of nitrogens with zero attached hydrogens (tertiary/aromatic N) is 4. The van der Waals surface area contributed by atoms with Crippen LogP contribution >= 0.6 is 0 Å². The molecule has 24 heavy (non-hydrogen) atoms. The monoisotopic (exact) mass is 349 g/mol. The number of sulfonamides is 1. The van der Waals surface area contributed by atoms with Crippen molar-refractivity contribution < 1.29 is 8.42 Å². The smallest absolute Gasteiger partial charge is 0.246 e. The Hall–Kier alpha value is -1.74. The van der Waals surface area contributed by atoms with Gasteiger partial charge in [0, 0.05) is 45.5 Å². The molecule has 8 heteroatoms. The number of rotatable bonds is 6. The van der Waals surface area contributed by atoms with Gasteiger partial charge in [0.05, 0.1) is 12.7 Å². The van der Waals surface area contributed by atoms with Crippen LogP contribution in [0.3, 0.4) is 0 Å². The Balaban J connectivity index is 1.60. The van der Waals surface area contributed by atoms with Crippen LogP contribution in [0.4, 0.5) is 0 Å². The van der Waals surface area contributed by atoms with Crippen LogP contribution in [0.2, 0.25) is 0 Å². The molecule has 0 unspecified atom stereocenters. The summed E-state index contributed by atoms with van der Waals surface area (Å²) in [5.74, 6) is 0. The van der Waals surface area contributed by atoms with Gasteiger partial charge in [0.1, 0.15) is 4.90 Å². The molecule has 0 radical (unpaired) electrons. The quantitative estimate of drug-likeness (QED) is 0.813. The highest BCUT2D eigenvalue weighted by atomic mass is 32.2. The second-order valence-electron chi connectivity index (χ2n) is 5.89. The molecule has 0 amide bonds. The summed E-state index contributed by atoms with van der Waals surface area (Å²) in [5.41, 5.74) is 6.72. The Morgan fingerprint density at radius 3 is 2.46 bits per heavy atom. The van der Waals surface area contributed by atoms with Crippen molar-refractivity contribution in [3.05, 3.63) is 48.3 Å². The van der Waals surface area contributed by atoms with E-state index in [9.17, 15) is 8.42 Å². The van der Waals surface area contributed by atoms with Crippen molar-refractivity contribution in [2.45, 2.75) is 18.0 Å². The fourth-order valence-electron chi connectivity index (χ4n) is 2.85. The molecule has 0 saturated carbocycles. The van der Waals surface area contributed by atoms with Crippen LogP contribution in [0.15, 0.2) is 47.6 Å². The first-order valence-electron chi connectivity index (χ1n) is 8.08. The zero-order valence-electron chi connectivity index (χ0n) is 13.6. The minimum Gasteiger partial charge on any atom is -0.329 e. The molecule has 0 spiro atoms. The lowest BCUT2D eigenvalue weighted by molar-refractivity contribution is 0.181. The van der Waals surface area contributed by atoms with Crippen molar-refractivity contribution in [1.29, 1.82) is 0 Å². The summed E-state index contributed by atoms with van der Waals surface area (Å²) in [4.78, 5) is 2.52. The maximum absolute atomic E-state index is 12.7. The average Bonchev–Trinajstić information content (AvgIpc) is 3.06. The van der Waals surface area contributed by atoms with Crippen LogP contribution in [-0.4, -0.2) is 60.1 Å². The van der Waals surface area contributed by atoms with E-state index in [1.165, 1.54) is 16.1 Å². The van der Waals surface area contributed by atoms with Crippen molar-refractivity contribution in [2.75, 3.05) is 32.7 Å². The van der Waals surface area contributed by atoms with Crippen LogP contribution in [0.25, 0.3) is 0 Å². The van der Waals surface area contributed by atoms with E-state index in [-0.39, 0.29) is 4.90 Å². The van der Waals surface area contributed by atoms with E-state index in [1.54, 1.807) is 10.9 Å². The van der Waals surface area contributed by atoms with E-state index in [0.29, 0.717) is 26.2 Å². The number of hydrogen-bond donors (Lipinski definition) is 1. The highest BCUT2D eigenvalue weighted by Crippen LogP contribution is 2.18. The van der Waals surface area contributed by atoms with Crippen LogP contribution in [0, 0.1) is 0 Å². The second kappa shape index (κ2) is 7.43. The molecule has 7 nitrogen and oxygen atoms in total. The lowest BCUT2D eigenvalue weighted by Gasteiger charge is -2.33. The summed E-state index contributed by atoms with van der Waals surface area (Å²) >= 11 is 0. The third-order valence-corrected chi connectivity index (χ3v) is 6.04. The topological polar surface area (TPSA) is 84.5 Å². The maximum Gasteiger partial charge on any atom is 0.246 e. The number of benzene rings is 1. The van der Waals surface area contributed by atoms with Gasteiger partial charge in [-0.25, -0.2) is 8.42 Å². The van der Waals surface area contributed by atoms with E-state index >= 15 is 0 Å². The molecule has 0 atom stereocenters. The van der Waals surface area contributed by atoms with Gasteiger partial charge >= 0.3 is 0 Å². The zero-order valence-corrected chi connectivity index (χ0v) is 14.4. The van der Waals surface area contributed by atoms with Crippen molar-refractivity contribution in [2.24, 2.45) is 5.73 Å². The number of nitrogens with two attached hydrogens (primary N) is 1. The fraction of sp³-hybridized carbons (Fsp3) is 0.438. The molecule has 3 rings (SSSR count). The molecule has 1 aliphatic heterocycles. The molecule has 130 valence electrons. The minimum atomic E-state index is -3.47. The van der Waals surface area contributed by atoms with Crippen molar-refractivity contribution in [3.8, 4) is 0 Å². The van der Waals surface area contributed by atoms with Gasteiger partial charge in [-0.15, -0.1) is 0 Å². The first kappa shape index (κ1) is 17.1. The van der Waals surface area contributed by atoms with E-state index < -0.39 is 10.0 Å². The maximum atomic E-state index is 12.7. The summed E-state index contributed by atoms with van der Waals surface area (Å²) in [6.45, 7) is 4.24. The Bertz CT molecular complexity index is 752. The SMILES string of the molecule is NCCn1cc(S(=O)(=O)N2CCN(Cc3ccccc3)CC2)cn1. The van der Waals surface area contributed by atoms with Gasteiger partial charge in [-0.2, -0.15) is 9.40 Å². The highest BCUT2D eigenvalue weighted by molar-refractivity contribution is 7.89. The summed E-state index contributed by atoms with van der Waals surface area (Å²) in [6.07, 6.45) is 2.96. The molecular formula is C16H23N5O2S. The molecule has 2 aromatic rings. The first-order chi connectivity index (χ1) is 11.6. The van der Waals surface area contributed by atoms with Gasteiger partial charge in [-0.05, 0) is 5.56 Å². The van der Waals surface area contributed by atoms with Crippen molar-refractivity contribution in [3.63, 3.8) is 0 Å². The Morgan fingerprint density at radius 2 is 1.79 bits per heavy atom. The molecule has 1 aromatic heterocycles. The third kappa shape index (κ3) is 3.84. The molecule has 0 bridgehead atoms. The zero-order chi connectivity index (χ0) is 17.0. The summed E-state index contributed by atoms with van der Waals surface area (Å²) in [6, 6.07) is 10.2. The first-order valence-corrected chi connectivity index (χ1v) is 9.52. The number of piperazine rings is 1. The standard InChI is InChI=1S/C16H23N5O2S/c17-6-7-20-14-16(12-18-20)24(22,23)21-10-8-19(9-11-21)13-15-4-2-1-3-5-15/h1-5,12,14H,6-11,13,17H2. The predicted molar refractivity (Wildman–Crippen MR) is 91.8 cm³/mol. The van der Waals surface area contributed by atoms with Crippen LogP contribution in [-0.2, 0) is 23.1 Å². The Morgan fingerprint density at radius 1 is 1.08 bits per heavy atom. The summed E-state index contributed by atoms with van der Waals surface area (Å²) in [5, 5.41) is 4.06. The highest BCUT2D eigenvalue weighted by Gasteiger charge is 2.29. The lowest BCUT2D eigenvalue weighted by atomic mass is 10.2. The molecular weight excluding hydrogens is 326 g/mol. The van der Waals surface area contributed by atoms with Gasteiger partial charge in [-0.3, -0.25) is 9.58 Å². The number of aromatic nitrogens is 2. The summed E-state index contributed by atoms with van der Waals surface area (Å²) < 4.78 is 28.5. The van der Waals surface area contributed by atoms with Gasteiger partial charge < -0.3 is 5.73 Å². The van der Waals surface area contributed by atoms with Crippen molar-refractivity contribution >= 4 is 10.0 Å². The molecule has 1 aromatic carbocycles. The molecule has 1 aliphatic rings. The molecule has 0 aliphatic carbocycles.